The molecule has 1 rings (SSSR count). The fourth-order valence-electron chi connectivity index (χ4n) is 1.17. The van der Waals surface area contributed by atoms with Crippen molar-refractivity contribution < 1.29 is 19.4 Å². The SMILES string of the molecule is C[C@@H](N)C(=O)O[C@H]1COC(O)[C@@H](N)C1. The van der Waals surface area contributed by atoms with Gasteiger partial charge in [0.1, 0.15) is 12.1 Å². The second kappa shape index (κ2) is 4.70. The second-order valence-corrected chi connectivity index (χ2v) is 3.47. The standard InChI is InChI=1S/C8H16N2O4/c1-4(9)7(11)14-5-2-6(10)8(12)13-3-5/h4-6,8,12H,2-3,9-10H2,1H3/t4-,5-,6+,8?/m1/s1. The third-order valence-corrected chi connectivity index (χ3v) is 2.01. The highest BCUT2D eigenvalue weighted by molar-refractivity contribution is 5.75. The minimum absolute atomic E-state index is 0.160. The molecular weight excluding hydrogens is 188 g/mol. The first-order valence-corrected chi connectivity index (χ1v) is 4.52. The van der Waals surface area contributed by atoms with Crippen LogP contribution in [0.5, 0.6) is 0 Å². The average molecular weight is 204 g/mol. The average Bonchev–Trinajstić information content (AvgIpc) is 2.11. The van der Waals surface area contributed by atoms with Gasteiger partial charge in [-0.25, -0.2) is 0 Å². The number of carbonyl (C=O) groups excluding carboxylic acids is 1. The smallest absolute Gasteiger partial charge is 0.322 e. The van der Waals surface area contributed by atoms with Crippen LogP contribution in [0.3, 0.4) is 0 Å². The van der Waals surface area contributed by atoms with Gasteiger partial charge in [-0.3, -0.25) is 4.79 Å². The minimum Gasteiger partial charge on any atom is -0.459 e. The summed E-state index contributed by atoms with van der Waals surface area (Å²) < 4.78 is 9.89. The molecule has 6 nitrogen and oxygen atoms in total. The van der Waals surface area contributed by atoms with Crippen molar-refractivity contribution in [1.29, 1.82) is 0 Å². The van der Waals surface area contributed by atoms with Crippen LogP contribution in [0.15, 0.2) is 0 Å². The summed E-state index contributed by atoms with van der Waals surface area (Å²) in [6, 6.07) is -1.17. The number of esters is 1. The number of rotatable bonds is 2. The van der Waals surface area contributed by atoms with Crippen LogP contribution in [0, 0.1) is 0 Å². The summed E-state index contributed by atoms with van der Waals surface area (Å²) in [5.74, 6) is -0.484. The highest BCUT2D eigenvalue weighted by Crippen LogP contribution is 2.14. The van der Waals surface area contributed by atoms with Crippen LogP contribution >= 0.6 is 0 Å². The molecule has 1 aliphatic rings. The van der Waals surface area contributed by atoms with E-state index < -0.39 is 30.4 Å². The lowest BCUT2D eigenvalue weighted by Gasteiger charge is -2.30. The van der Waals surface area contributed by atoms with Crippen LogP contribution in [-0.2, 0) is 14.3 Å². The van der Waals surface area contributed by atoms with E-state index in [1.165, 1.54) is 0 Å². The van der Waals surface area contributed by atoms with Gasteiger partial charge in [-0.05, 0) is 6.92 Å². The van der Waals surface area contributed by atoms with E-state index in [0.29, 0.717) is 6.42 Å². The van der Waals surface area contributed by atoms with E-state index in [1.54, 1.807) is 6.92 Å². The van der Waals surface area contributed by atoms with E-state index in [1.807, 2.05) is 0 Å². The Morgan fingerprint density at radius 2 is 2.36 bits per heavy atom. The maximum Gasteiger partial charge on any atom is 0.322 e. The molecule has 1 unspecified atom stereocenters. The van der Waals surface area contributed by atoms with Crippen molar-refractivity contribution in [2.45, 2.75) is 37.8 Å². The van der Waals surface area contributed by atoms with Gasteiger partial charge in [0.25, 0.3) is 0 Å². The number of hydrogen-bond acceptors (Lipinski definition) is 6. The lowest BCUT2D eigenvalue weighted by molar-refractivity contribution is -0.187. The Morgan fingerprint density at radius 3 is 2.86 bits per heavy atom. The van der Waals surface area contributed by atoms with Crippen molar-refractivity contribution in [3.8, 4) is 0 Å². The highest BCUT2D eigenvalue weighted by Gasteiger charge is 2.29. The highest BCUT2D eigenvalue weighted by atomic mass is 16.6. The van der Waals surface area contributed by atoms with Gasteiger partial charge >= 0.3 is 5.97 Å². The molecule has 1 saturated heterocycles. The van der Waals surface area contributed by atoms with Gasteiger partial charge in [-0.2, -0.15) is 0 Å². The summed E-state index contributed by atoms with van der Waals surface area (Å²) in [6.45, 7) is 1.70. The molecule has 5 N–H and O–H groups in total. The number of carbonyl (C=O) groups is 1. The van der Waals surface area contributed by atoms with Crippen LogP contribution in [-0.4, -0.2) is 42.2 Å². The fraction of sp³-hybridized carbons (Fsp3) is 0.875. The van der Waals surface area contributed by atoms with E-state index in [0.717, 1.165) is 0 Å². The Labute approximate surface area is 82.2 Å². The Morgan fingerprint density at radius 1 is 1.71 bits per heavy atom. The second-order valence-electron chi connectivity index (χ2n) is 3.47. The van der Waals surface area contributed by atoms with E-state index in [9.17, 15) is 4.79 Å². The maximum absolute atomic E-state index is 11.1. The topological polar surface area (TPSA) is 108 Å². The zero-order chi connectivity index (χ0) is 10.7. The van der Waals surface area contributed by atoms with Gasteiger partial charge in [-0.15, -0.1) is 0 Å². The van der Waals surface area contributed by atoms with Crippen LogP contribution < -0.4 is 11.5 Å². The number of aliphatic hydroxyl groups excluding tert-OH is 1. The van der Waals surface area contributed by atoms with Gasteiger partial charge in [0.2, 0.25) is 0 Å². The van der Waals surface area contributed by atoms with Gasteiger partial charge in [-0.1, -0.05) is 0 Å². The van der Waals surface area contributed by atoms with E-state index in [4.69, 9.17) is 26.0 Å². The molecule has 0 spiro atoms. The quantitative estimate of drug-likeness (QED) is 0.463. The van der Waals surface area contributed by atoms with Crippen molar-refractivity contribution in [2.75, 3.05) is 6.61 Å². The third kappa shape index (κ3) is 2.91. The molecule has 4 atom stereocenters. The minimum atomic E-state index is -0.972. The largest absolute Gasteiger partial charge is 0.459 e. The van der Waals surface area contributed by atoms with Crippen molar-refractivity contribution >= 4 is 5.97 Å². The first-order valence-electron chi connectivity index (χ1n) is 4.52. The molecule has 0 aromatic rings. The summed E-state index contributed by atoms with van der Waals surface area (Å²) in [5.41, 5.74) is 10.8. The van der Waals surface area contributed by atoms with Gasteiger partial charge < -0.3 is 26.0 Å². The van der Waals surface area contributed by atoms with E-state index >= 15 is 0 Å². The Kier molecular flexibility index (Phi) is 3.82. The van der Waals surface area contributed by atoms with Gasteiger partial charge in [0, 0.05) is 6.42 Å². The Hall–Kier alpha value is -0.690. The summed E-state index contributed by atoms with van der Waals surface area (Å²) in [4.78, 5) is 11.1. The maximum atomic E-state index is 11.1. The molecule has 14 heavy (non-hydrogen) atoms. The monoisotopic (exact) mass is 204 g/mol. The summed E-state index contributed by atoms with van der Waals surface area (Å²) in [7, 11) is 0. The number of nitrogens with two attached hydrogens (primary N) is 2. The van der Waals surface area contributed by atoms with Crippen LogP contribution in [0.25, 0.3) is 0 Å². The first-order chi connectivity index (χ1) is 6.50. The van der Waals surface area contributed by atoms with Crippen molar-refractivity contribution in [2.24, 2.45) is 11.5 Å². The molecule has 1 aliphatic heterocycles. The van der Waals surface area contributed by atoms with E-state index in [-0.39, 0.29) is 6.61 Å². The molecule has 1 fully saturated rings. The molecule has 0 amide bonds. The molecule has 1 heterocycles. The molecular formula is C8H16N2O4. The number of hydrogen-bond donors (Lipinski definition) is 3. The predicted octanol–water partition coefficient (Wildman–Crippen LogP) is -1.69. The van der Waals surface area contributed by atoms with Gasteiger partial charge in [0.05, 0.1) is 12.6 Å². The summed E-state index contributed by atoms with van der Waals surface area (Å²) >= 11 is 0. The molecule has 82 valence electrons. The lowest BCUT2D eigenvalue weighted by Crippen LogP contribution is -2.48. The van der Waals surface area contributed by atoms with Crippen molar-refractivity contribution in [1.82, 2.24) is 0 Å². The fourth-order valence-corrected chi connectivity index (χ4v) is 1.17. The van der Waals surface area contributed by atoms with Crippen LogP contribution in [0.4, 0.5) is 0 Å². The van der Waals surface area contributed by atoms with E-state index in [2.05, 4.69) is 0 Å². The van der Waals surface area contributed by atoms with Crippen LogP contribution in [0.1, 0.15) is 13.3 Å². The first kappa shape index (κ1) is 11.4. The summed E-state index contributed by atoms with van der Waals surface area (Å²) in [5, 5.41) is 9.13. The van der Waals surface area contributed by atoms with Gasteiger partial charge in [0.15, 0.2) is 6.29 Å². The lowest BCUT2D eigenvalue weighted by atomic mass is 10.1. The molecule has 0 aliphatic carbocycles. The zero-order valence-corrected chi connectivity index (χ0v) is 8.05. The Balaban J connectivity index is 2.37. The molecule has 0 saturated carbocycles. The zero-order valence-electron chi connectivity index (χ0n) is 8.05. The molecule has 0 aromatic carbocycles. The predicted molar refractivity (Wildman–Crippen MR) is 48.1 cm³/mol. The normalized spacial score (nSPS) is 35.0. The molecule has 0 aromatic heterocycles. The third-order valence-electron chi connectivity index (χ3n) is 2.01. The molecule has 0 radical (unpaired) electrons. The Bertz CT molecular complexity index is 210. The number of aliphatic hydroxyl groups is 1. The molecule has 6 heteroatoms. The summed E-state index contributed by atoms with van der Waals surface area (Å²) in [6.07, 6.45) is -0.994. The van der Waals surface area contributed by atoms with Crippen LogP contribution in [0.2, 0.25) is 0 Å². The van der Waals surface area contributed by atoms with Crippen molar-refractivity contribution in [3.05, 3.63) is 0 Å². The number of ether oxygens (including phenoxy) is 2. The molecule has 0 bridgehead atoms. The van der Waals surface area contributed by atoms with Crippen molar-refractivity contribution in [3.63, 3.8) is 0 Å².